The number of pyridine rings is 1. The summed E-state index contributed by atoms with van der Waals surface area (Å²) >= 11 is 5.97. The molecule has 0 fully saturated rings. The van der Waals surface area contributed by atoms with Crippen LogP contribution in [-0.4, -0.2) is 30.1 Å². The topological polar surface area (TPSA) is 81.1 Å². The number of hydrogen-bond donors (Lipinski definition) is 1. The van der Waals surface area contributed by atoms with Crippen LogP contribution in [0.25, 0.3) is 11.4 Å². The highest BCUT2D eigenvalue weighted by molar-refractivity contribution is 7.90. The molecule has 3 aromatic rings. The highest BCUT2D eigenvalue weighted by Crippen LogP contribution is 2.26. The van der Waals surface area contributed by atoms with E-state index >= 15 is 0 Å². The Morgan fingerprint density at radius 1 is 1.21 bits per heavy atom. The molecule has 0 spiro atoms. The van der Waals surface area contributed by atoms with Crippen LogP contribution in [0.1, 0.15) is 15.9 Å². The lowest BCUT2D eigenvalue weighted by atomic mass is 10.1. The highest BCUT2D eigenvalue weighted by Gasteiger charge is 2.16. The van der Waals surface area contributed by atoms with Crippen molar-refractivity contribution in [1.82, 2.24) is 9.55 Å². The maximum absolute atomic E-state index is 13.3. The third-order valence-corrected chi connectivity index (χ3v) is 5.42. The number of carbonyl (C=O) groups excluding carboxylic acids is 1. The Balaban J connectivity index is 1.92. The van der Waals surface area contributed by atoms with Crippen molar-refractivity contribution in [2.24, 2.45) is 7.05 Å². The summed E-state index contributed by atoms with van der Waals surface area (Å²) in [6, 6.07) is 7.12. The number of nitrogens with one attached hydrogen (secondary N) is 1. The molecular weight excluding hydrogens is 405 g/mol. The summed E-state index contributed by atoms with van der Waals surface area (Å²) in [5.41, 5.74) is 2.44. The first kappa shape index (κ1) is 20.0. The normalized spacial score (nSPS) is 11.5. The Morgan fingerprint density at radius 2 is 1.93 bits per heavy atom. The number of aryl methyl sites for hydroxylation is 2. The Hall–Kier alpha value is -2.71. The fourth-order valence-corrected chi connectivity index (χ4v) is 3.77. The zero-order chi connectivity index (χ0) is 20.6. The number of sulfone groups is 1. The quantitative estimate of drug-likeness (QED) is 0.693. The first-order chi connectivity index (χ1) is 13.0. The third kappa shape index (κ3) is 4.23. The van der Waals surface area contributed by atoms with E-state index in [9.17, 15) is 17.6 Å². The summed E-state index contributed by atoms with van der Waals surface area (Å²) in [6.07, 6.45) is 3.79. The van der Waals surface area contributed by atoms with Crippen LogP contribution in [0.15, 0.2) is 47.6 Å². The van der Waals surface area contributed by atoms with Gasteiger partial charge < -0.3 is 9.88 Å². The molecular formula is C19H17ClFN3O3S. The van der Waals surface area contributed by atoms with Gasteiger partial charge in [0.25, 0.3) is 5.91 Å². The summed E-state index contributed by atoms with van der Waals surface area (Å²) in [4.78, 5) is 16.7. The summed E-state index contributed by atoms with van der Waals surface area (Å²) in [6.45, 7) is 1.73. The second-order valence-corrected chi connectivity index (χ2v) is 8.90. The minimum atomic E-state index is -3.47. The van der Waals surface area contributed by atoms with Crippen molar-refractivity contribution >= 4 is 33.0 Å². The second-order valence-electron chi connectivity index (χ2n) is 6.45. The minimum absolute atomic E-state index is 0.00943. The largest absolute Gasteiger partial charge is 0.348 e. The number of amides is 1. The molecule has 0 aliphatic carbocycles. The molecule has 1 N–H and O–H groups in total. The van der Waals surface area contributed by atoms with Crippen molar-refractivity contribution in [3.8, 4) is 11.4 Å². The minimum Gasteiger partial charge on any atom is -0.348 e. The molecule has 0 unspecified atom stereocenters. The van der Waals surface area contributed by atoms with Crippen LogP contribution in [0, 0.1) is 12.7 Å². The van der Waals surface area contributed by atoms with Gasteiger partial charge in [0.1, 0.15) is 5.82 Å². The van der Waals surface area contributed by atoms with Crippen molar-refractivity contribution in [3.05, 3.63) is 64.7 Å². The monoisotopic (exact) mass is 421 g/mol. The number of rotatable bonds is 4. The van der Waals surface area contributed by atoms with Gasteiger partial charge in [-0.1, -0.05) is 11.6 Å². The molecule has 6 nitrogen and oxygen atoms in total. The molecule has 1 aromatic carbocycles. The lowest BCUT2D eigenvalue weighted by Crippen LogP contribution is -2.11. The molecule has 146 valence electrons. The molecule has 3 rings (SSSR count). The van der Waals surface area contributed by atoms with Crippen molar-refractivity contribution in [2.75, 3.05) is 11.6 Å². The van der Waals surface area contributed by atoms with E-state index in [0.29, 0.717) is 22.5 Å². The van der Waals surface area contributed by atoms with Gasteiger partial charge in [-0.3, -0.25) is 9.78 Å². The number of aromatic nitrogens is 2. The van der Waals surface area contributed by atoms with E-state index in [1.807, 2.05) is 0 Å². The SMILES string of the molecule is Cc1cc(F)cnc1-c1cc(C(=O)Nc2cc(Cl)cc(S(C)(=O)=O)c2)cn1C. The van der Waals surface area contributed by atoms with Crippen LogP contribution in [-0.2, 0) is 16.9 Å². The van der Waals surface area contributed by atoms with Crippen LogP contribution in [0.3, 0.4) is 0 Å². The van der Waals surface area contributed by atoms with Crippen LogP contribution < -0.4 is 5.32 Å². The summed E-state index contributed by atoms with van der Waals surface area (Å²) in [7, 11) is -1.73. The van der Waals surface area contributed by atoms with Crippen molar-refractivity contribution in [2.45, 2.75) is 11.8 Å². The molecule has 1 amide bonds. The second kappa shape index (κ2) is 7.37. The molecule has 9 heteroatoms. The average molecular weight is 422 g/mol. The van der Waals surface area contributed by atoms with Crippen molar-refractivity contribution in [1.29, 1.82) is 0 Å². The highest BCUT2D eigenvalue weighted by atomic mass is 35.5. The van der Waals surface area contributed by atoms with Gasteiger partial charge in [0.05, 0.1) is 28.0 Å². The zero-order valence-electron chi connectivity index (χ0n) is 15.3. The van der Waals surface area contributed by atoms with E-state index in [4.69, 9.17) is 11.6 Å². The smallest absolute Gasteiger partial charge is 0.257 e. The summed E-state index contributed by atoms with van der Waals surface area (Å²) in [5.74, 6) is -0.876. The van der Waals surface area contributed by atoms with Crippen molar-refractivity contribution < 1.29 is 17.6 Å². The molecule has 0 radical (unpaired) electrons. The lowest BCUT2D eigenvalue weighted by molar-refractivity contribution is 0.102. The van der Waals surface area contributed by atoms with Crippen molar-refractivity contribution in [3.63, 3.8) is 0 Å². The van der Waals surface area contributed by atoms with Crippen LogP contribution in [0.5, 0.6) is 0 Å². The van der Waals surface area contributed by atoms with E-state index in [0.717, 1.165) is 12.5 Å². The van der Waals surface area contributed by atoms with E-state index in [-0.39, 0.29) is 15.6 Å². The first-order valence-corrected chi connectivity index (χ1v) is 10.4. The Labute approximate surface area is 166 Å². The number of carbonyl (C=O) groups is 1. The zero-order valence-corrected chi connectivity index (χ0v) is 16.9. The van der Waals surface area contributed by atoms with E-state index in [1.165, 1.54) is 24.3 Å². The molecule has 2 aromatic heterocycles. The van der Waals surface area contributed by atoms with E-state index < -0.39 is 21.6 Å². The van der Waals surface area contributed by atoms with Gasteiger partial charge >= 0.3 is 0 Å². The van der Waals surface area contributed by atoms with Gasteiger partial charge in [-0.15, -0.1) is 0 Å². The summed E-state index contributed by atoms with van der Waals surface area (Å²) < 4.78 is 38.5. The predicted octanol–water partition coefficient (Wildman–Crippen LogP) is 3.84. The molecule has 0 bridgehead atoms. The Kier molecular flexibility index (Phi) is 5.27. The molecule has 0 atom stereocenters. The van der Waals surface area contributed by atoms with Crippen LogP contribution >= 0.6 is 11.6 Å². The average Bonchev–Trinajstić information content (AvgIpc) is 2.95. The predicted molar refractivity (Wildman–Crippen MR) is 106 cm³/mol. The Morgan fingerprint density at radius 3 is 2.57 bits per heavy atom. The van der Waals surface area contributed by atoms with Crippen LogP contribution in [0.4, 0.5) is 10.1 Å². The van der Waals surface area contributed by atoms with E-state index in [2.05, 4.69) is 10.3 Å². The van der Waals surface area contributed by atoms with Gasteiger partial charge in [0, 0.05) is 30.2 Å². The van der Waals surface area contributed by atoms with Gasteiger partial charge in [-0.25, -0.2) is 12.8 Å². The van der Waals surface area contributed by atoms with Gasteiger partial charge in [0.15, 0.2) is 9.84 Å². The first-order valence-electron chi connectivity index (χ1n) is 8.15. The number of anilines is 1. The Bertz CT molecular complexity index is 1190. The number of benzene rings is 1. The van der Waals surface area contributed by atoms with Crippen LogP contribution in [0.2, 0.25) is 5.02 Å². The number of hydrogen-bond acceptors (Lipinski definition) is 4. The summed E-state index contributed by atoms with van der Waals surface area (Å²) in [5, 5.41) is 2.84. The standard InChI is InChI=1S/C19H17ClFN3O3S/c1-11-4-14(21)9-22-18(11)17-5-12(10-24(17)2)19(25)23-15-6-13(20)7-16(8-15)28(3,26)27/h4-10H,1-3H3,(H,23,25). The molecule has 0 saturated heterocycles. The number of halogens is 2. The molecule has 0 aliphatic heterocycles. The third-order valence-electron chi connectivity index (χ3n) is 4.11. The van der Waals surface area contributed by atoms with Gasteiger partial charge in [0.2, 0.25) is 0 Å². The van der Waals surface area contributed by atoms with Gasteiger partial charge in [-0.2, -0.15) is 0 Å². The molecule has 2 heterocycles. The molecule has 0 saturated carbocycles. The number of nitrogens with zero attached hydrogens (tertiary/aromatic N) is 2. The lowest BCUT2D eigenvalue weighted by Gasteiger charge is -2.07. The fraction of sp³-hybridized carbons (Fsp3) is 0.158. The maximum atomic E-state index is 13.3. The molecule has 0 aliphatic rings. The molecule has 28 heavy (non-hydrogen) atoms. The van der Waals surface area contributed by atoms with Gasteiger partial charge in [-0.05, 0) is 42.8 Å². The maximum Gasteiger partial charge on any atom is 0.257 e. The van der Waals surface area contributed by atoms with E-state index in [1.54, 1.807) is 30.8 Å². The fourth-order valence-electron chi connectivity index (χ4n) is 2.78.